The van der Waals surface area contributed by atoms with Crippen LogP contribution in [0.1, 0.15) is 54.0 Å². The lowest BCUT2D eigenvalue weighted by atomic mass is 9.98. The summed E-state index contributed by atoms with van der Waals surface area (Å²) < 4.78 is 1.77. The molecule has 0 fully saturated rings. The fourth-order valence-electron chi connectivity index (χ4n) is 3.73. The smallest absolute Gasteiger partial charge is 0.272 e. The number of nitrogens with zero attached hydrogens (tertiary/aromatic N) is 3. The predicted molar refractivity (Wildman–Crippen MR) is 109 cm³/mol. The van der Waals surface area contributed by atoms with Crippen molar-refractivity contribution in [3.05, 3.63) is 51.8 Å². The van der Waals surface area contributed by atoms with Gasteiger partial charge in [0.05, 0.1) is 0 Å². The van der Waals surface area contributed by atoms with Gasteiger partial charge < -0.3 is 10.2 Å². The second-order valence-electron chi connectivity index (χ2n) is 7.23. The van der Waals surface area contributed by atoms with Gasteiger partial charge in [0.2, 0.25) is 5.91 Å². The molecule has 0 bridgehead atoms. The highest BCUT2D eigenvalue weighted by Gasteiger charge is 2.31. The highest BCUT2D eigenvalue weighted by molar-refractivity contribution is 6.30. The van der Waals surface area contributed by atoms with Crippen molar-refractivity contribution in [3.63, 3.8) is 0 Å². The Morgan fingerprint density at radius 3 is 2.54 bits per heavy atom. The molecule has 1 N–H and O–H groups in total. The zero-order chi connectivity index (χ0) is 20.3. The Labute approximate surface area is 170 Å². The molecule has 0 radical (unpaired) electrons. The van der Waals surface area contributed by atoms with Crippen LogP contribution in [0.5, 0.6) is 0 Å². The van der Waals surface area contributed by atoms with E-state index in [2.05, 4.69) is 10.4 Å². The zero-order valence-corrected chi connectivity index (χ0v) is 17.4. The van der Waals surface area contributed by atoms with Crippen molar-refractivity contribution >= 4 is 23.4 Å². The van der Waals surface area contributed by atoms with Crippen LogP contribution < -0.4 is 5.32 Å². The van der Waals surface area contributed by atoms with Gasteiger partial charge in [-0.15, -0.1) is 0 Å². The molecular formula is C21H27ClN4O2. The third-order valence-electron chi connectivity index (χ3n) is 5.47. The normalized spacial score (nSPS) is 13.5. The van der Waals surface area contributed by atoms with Gasteiger partial charge in [0.25, 0.3) is 5.91 Å². The largest absolute Gasteiger partial charge is 0.347 e. The zero-order valence-electron chi connectivity index (χ0n) is 16.7. The summed E-state index contributed by atoms with van der Waals surface area (Å²) in [6.07, 6.45) is 2.38. The van der Waals surface area contributed by atoms with Gasteiger partial charge in [-0.2, -0.15) is 5.10 Å². The summed E-state index contributed by atoms with van der Waals surface area (Å²) in [6, 6.07) is 7.36. The van der Waals surface area contributed by atoms with Crippen molar-refractivity contribution in [1.82, 2.24) is 20.0 Å². The predicted octanol–water partition coefficient (Wildman–Crippen LogP) is 3.32. The maximum atomic E-state index is 12.8. The number of fused-ring (bicyclic) bond motifs is 1. The van der Waals surface area contributed by atoms with E-state index in [1.807, 2.05) is 37.9 Å². The molecule has 0 atom stereocenters. The van der Waals surface area contributed by atoms with E-state index >= 15 is 0 Å². The molecule has 0 saturated carbocycles. The quantitative estimate of drug-likeness (QED) is 0.805. The van der Waals surface area contributed by atoms with Crippen molar-refractivity contribution in [2.75, 3.05) is 6.54 Å². The van der Waals surface area contributed by atoms with Crippen LogP contribution in [0, 0.1) is 5.92 Å². The number of halogens is 1. The van der Waals surface area contributed by atoms with Crippen LogP contribution in [0.4, 0.5) is 0 Å². The van der Waals surface area contributed by atoms with Gasteiger partial charge in [0.15, 0.2) is 5.69 Å². The maximum Gasteiger partial charge on any atom is 0.272 e. The van der Waals surface area contributed by atoms with Crippen molar-refractivity contribution < 1.29 is 9.59 Å². The Morgan fingerprint density at radius 2 is 1.89 bits per heavy atom. The summed E-state index contributed by atoms with van der Waals surface area (Å²) in [6.45, 7) is 5.61. The molecule has 7 heteroatoms. The SMILES string of the molecule is CCC(CC)C(=O)N1CCc2c(c(C(=O)NCc3ccc(Cl)cc3)nn2C)C1. The Kier molecular flexibility index (Phi) is 6.39. The molecule has 0 saturated heterocycles. The van der Waals surface area contributed by atoms with E-state index in [0.717, 1.165) is 36.1 Å². The average molecular weight is 403 g/mol. The van der Waals surface area contributed by atoms with Gasteiger partial charge in [-0.05, 0) is 30.5 Å². The number of hydrogen-bond donors (Lipinski definition) is 1. The first kappa shape index (κ1) is 20.4. The molecule has 1 aromatic heterocycles. The molecule has 0 aliphatic carbocycles. The summed E-state index contributed by atoms with van der Waals surface area (Å²) in [4.78, 5) is 27.4. The minimum atomic E-state index is -0.219. The highest BCUT2D eigenvalue weighted by atomic mass is 35.5. The van der Waals surface area contributed by atoms with E-state index < -0.39 is 0 Å². The Bertz CT molecular complexity index is 856. The van der Waals surface area contributed by atoms with E-state index in [-0.39, 0.29) is 17.7 Å². The lowest BCUT2D eigenvalue weighted by Crippen LogP contribution is -2.40. The number of rotatable bonds is 6. The number of nitrogens with one attached hydrogen (secondary N) is 1. The molecular weight excluding hydrogens is 376 g/mol. The van der Waals surface area contributed by atoms with Crippen LogP contribution in [0.3, 0.4) is 0 Å². The second-order valence-corrected chi connectivity index (χ2v) is 7.67. The van der Waals surface area contributed by atoms with E-state index in [9.17, 15) is 9.59 Å². The molecule has 2 aromatic rings. The molecule has 6 nitrogen and oxygen atoms in total. The van der Waals surface area contributed by atoms with Crippen LogP contribution in [0.2, 0.25) is 5.02 Å². The number of hydrogen-bond acceptors (Lipinski definition) is 3. The minimum Gasteiger partial charge on any atom is -0.347 e. The molecule has 150 valence electrons. The molecule has 3 rings (SSSR count). The van der Waals surface area contributed by atoms with Gasteiger partial charge in [0.1, 0.15) is 0 Å². The van der Waals surface area contributed by atoms with Crippen LogP contribution in [-0.4, -0.2) is 33.0 Å². The van der Waals surface area contributed by atoms with Crippen LogP contribution in [0.15, 0.2) is 24.3 Å². The highest BCUT2D eigenvalue weighted by Crippen LogP contribution is 2.25. The summed E-state index contributed by atoms with van der Waals surface area (Å²) in [7, 11) is 1.85. The standard InChI is InChI=1S/C21H27ClN4O2/c1-4-15(5-2)21(28)26-11-10-18-17(13-26)19(24-25(18)3)20(27)23-12-14-6-8-16(22)9-7-14/h6-9,15H,4-5,10-13H2,1-3H3,(H,23,27). The van der Waals surface area contributed by atoms with Gasteiger partial charge in [-0.1, -0.05) is 37.6 Å². The summed E-state index contributed by atoms with van der Waals surface area (Å²) in [5, 5.41) is 8.03. The molecule has 2 amide bonds. The minimum absolute atomic E-state index is 0.0420. The van der Waals surface area contributed by atoms with Crippen molar-refractivity contribution in [2.24, 2.45) is 13.0 Å². The fourth-order valence-corrected chi connectivity index (χ4v) is 3.85. The molecule has 0 spiro atoms. The first-order chi connectivity index (χ1) is 13.4. The van der Waals surface area contributed by atoms with Crippen LogP contribution in [-0.2, 0) is 31.4 Å². The van der Waals surface area contributed by atoms with Crippen LogP contribution in [0.25, 0.3) is 0 Å². The lowest BCUT2D eigenvalue weighted by Gasteiger charge is -2.30. The third-order valence-corrected chi connectivity index (χ3v) is 5.72. The van der Waals surface area contributed by atoms with Gasteiger partial charge >= 0.3 is 0 Å². The fraction of sp³-hybridized carbons (Fsp3) is 0.476. The number of carbonyl (C=O) groups is 2. The van der Waals surface area contributed by atoms with Gasteiger partial charge in [-0.25, -0.2) is 0 Å². The number of amides is 2. The number of carbonyl (C=O) groups excluding carboxylic acids is 2. The van der Waals surface area contributed by atoms with E-state index in [1.54, 1.807) is 16.8 Å². The van der Waals surface area contributed by atoms with Crippen molar-refractivity contribution in [3.8, 4) is 0 Å². The number of benzene rings is 1. The summed E-state index contributed by atoms with van der Waals surface area (Å²) in [5.41, 5.74) is 3.27. The van der Waals surface area contributed by atoms with Crippen molar-refractivity contribution in [1.29, 1.82) is 0 Å². The molecule has 1 aliphatic rings. The first-order valence-corrected chi connectivity index (χ1v) is 10.2. The molecule has 1 aromatic carbocycles. The monoisotopic (exact) mass is 402 g/mol. The average Bonchev–Trinajstić information content (AvgIpc) is 3.04. The van der Waals surface area contributed by atoms with E-state index in [0.29, 0.717) is 30.4 Å². The summed E-state index contributed by atoms with van der Waals surface area (Å²) in [5.74, 6) is -0.00365. The molecule has 2 heterocycles. The maximum absolute atomic E-state index is 12.8. The van der Waals surface area contributed by atoms with E-state index in [1.165, 1.54) is 0 Å². The summed E-state index contributed by atoms with van der Waals surface area (Å²) >= 11 is 5.90. The number of aromatic nitrogens is 2. The molecule has 0 unspecified atom stereocenters. The van der Waals surface area contributed by atoms with Gasteiger partial charge in [0, 0.05) is 55.3 Å². The third kappa shape index (κ3) is 4.22. The Hall–Kier alpha value is -2.34. The lowest BCUT2D eigenvalue weighted by molar-refractivity contribution is -0.136. The molecule has 28 heavy (non-hydrogen) atoms. The Morgan fingerprint density at radius 1 is 1.21 bits per heavy atom. The van der Waals surface area contributed by atoms with E-state index in [4.69, 9.17) is 11.6 Å². The van der Waals surface area contributed by atoms with Gasteiger partial charge in [-0.3, -0.25) is 14.3 Å². The number of aryl methyl sites for hydroxylation is 1. The van der Waals surface area contributed by atoms with Crippen LogP contribution >= 0.6 is 11.6 Å². The second kappa shape index (κ2) is 8.78. The first-order valence-electron chi connectivity index (χ1n) is 9.80. The van der Waals surface area contributed by atoms with Crippen molar-refractivity contribution in [2.45, 2.75) is 46.2 Å². The topological polar surface area (TPSA) is 67.2 Å². The molecule has 1 aliphatic heterocycles. The Balaban J connectivity index is 1.74.